The molecule has 3 heteroatoms. The lowest BCUT2D eigenvalue weighted by Crippen LogP contribution is -2.25. The van der Waals surface area contributed by atoms with Crippen molar-refractivity contribution in [2.75, 3.05) is 24.5 Å². The molecule has 1 atom stereocenters. The van der Waals surface area contributed by atoms with Crippen LogP contribution >= 0.6 is 15.9 Å². The Labute approximate surface area is 125 Å². The largest absolute Gasteiger partial charge is 0.371 e. The zero-order valence-corrected chi connectivity index (χ0v) is 13.8. The molecule has 1 aromatic rings. The Hall–Kier alpha value is -0.540. The Bertz CT molecular complexity index is 437. The summed E-state index contributed by atoms with van der Waals surface area (Å²) in [5.41, 5.74) is 8.67. The van der Waals surface area contributed by atoms with E-state index in [-0.39, 0.29) is 0 Å². The average molecular weight is 325 g/mol. The normalized spacial score (nSPS) is 20.1. The van der Waals surface area contributed by atoms with E-state index in [0.29, 0.717) is 12.0 Å². The van der Waals surface area contributed by atoms with E-state index in [0.717, 1.165) is 12.3 Å². The number of nitrogens with two attached hydrogens (primary N) is 1. The first kappa shape index (κ1) is 14.9. The van der Waals surface area contributed by atoms with E-state index in [1.54, 1.807) is 0 Å². The molecule has 0 bridgehead atoms. The third-order valence-corrected chi connectivity index (χ3v) is 4.97. The highest BCUT2D eigenvalue weighted by atomic mass is 79.9. The average Bonchev–Trinajstić information content (AvgIpc) is 2.81. The van der Waals surface area contributed by atoms with Gasteiger partial charge in [0, 0.05) is 23.2 Å². The van der Waals surface area contributed by atoms with Crippen LogP contribution in [0.4, 0.5) is 5.69 Å². The van der Waals surface area contributed by atoms with Gasteiger partial charge >= 0.3 is 0 Å². The lowest BCUT2D eigenvalue weighted by molar-refractivity contribution is 0.263. The summed E-state index contributed by atoms with van der Waals surface area (Å²) in [5, 5.41) is 0. The standard InChI is InChI=1S/C16H25BrN2/c1-16(2,3)13-7-9-19(11-13)14-5-4-12(6-8-18)15(17)10-14/h4-5,10,13H,6-9,11,18H2,1-3H3. The van der Waals surface area contributed by atoms with Crippen LogP contribution in [-0.2, 0) is 6.42 Å². The number of halogens is 1. The molecule has 0 amide bonds. The minimum atomic E-state index is 0.408. The summed E-state index contributed by atoms with van der Waals surface area (Å²) >= 11 is 3.67. The number of hydrogen-bond acceptors (Lipinski definition) is 2. The number of hydrogen-bond donors (Lipinski definition) is 1. The Morgan fingerprint density at radius 3 is 2.63 bits per heavy atom. The van der Waals surface area contributed by atoms with E-state index >= 15 is 0 Å². The molecule has 1 unspecified atom stereocenters. The van der Waals surface area contributed by atoms with Gasteiger partial charge in [-0.25, -0.2) is 0 Å². The van der Waals surface area contributed by atoms with Crippen LogP contribution in [0.1, 0.15) is 32.8 Å². The van der Waals surface area contributed by atoms with Crippen molar-refractivity contribution in [1.29, 1.82) is 0 Å². The fraction of sp³-hybridized carbons (Fsp3) is 0.625. The highest BCUT2D eigenvalue weighted by Gasteiger charge is 2.31. The Balaban J connectivity index is 2.10. The summed E-state index contributed by atoms with van der Waals surface area (Å²) < 4.78 is 1.19. The maximum Gasteiger partial charge on any atom is 0.0377 e. The van der Waals surface area contributed by atoms with Gasteiger partial charge in [-0.2, -0.15) is 0 Å². The maximum absolute atomic E-state index is 5.62. The van der Waals surface area contributed by atoms with Gasteiger partial charge < -0.3 is 10.6 Å². The van der Waals surface area contributed by atoms with Crippen LogP contribution in [0, 0.1) is 11.3 Å². The molecule has 19 heavy (non-hydrogen) atoms. The topological polar surface area (TPSA) is 29.3 Å². The van der Waals surface area contributed by atoms with Crippen LogP contribution in [-0.4, -0.2) is 19.6 Å². The predicted octanol–water partition coefficient (Wildman–Crippen LogP) is 3.82. The molecule has 0 radical (unpaired) electrons. The van der Waals surface area contributed by atoms with Gasteiger partial charge in [0.05, 0.1) is 0 Å². The lowest BCUT2D eigenvalue weighted by atomic mass is 9.80. The van der Waals surface area contributed by atoms with Crippen molar-refractivity contribution >= 4 is 21.6 Å². The van der Waals surface area contributed by atoms with Gasteiger partial charge in [0.1, 0.15) is 0 Å². The summed E-state index contributed by atoms with van der Waals surface area (Å²) in [6.07, 6.45) is 2.23. The molecule has 1 heterocycles. The Morgan fingerprint density at radius 1 is 1.37 bits per heavy atom. The molecule has 2 nitrogen and oxygen atoms in total. The van der Waals surface area contributed by atoms with E-state index in [9.17, 15) is 0 Å². The fourth-order valence-corrected chi connectivity index (χ4v) is 3.36. The van der Waals surface area contributed by atoms with Crippen molar-refractivity contribution in [3.05, 3.63) is 28.2 Å². The van der Waals surface area contributed by atoms with E-state index < -0.39 is 0 Å². The fourth-order valence-electron chi connectivity index (χ4n) is 2.79. The monoisotopic (exact) mass is 324 g/mol. The molecular weight excluding hydrogens is 300 g/mol. The van der Waals surface area contributed by atoms with Crippen molar-refractivity contribution in [2.45, 2.75) is 33.6 Å². The molecular formula is C16H25BrN2. The Kier molecular flexibility index (Phi) is 4.57. The molecule has 2 N–H and O–H groups in total. The maximum atomic E-state index is 5.62. The van der Waals surface area contributed by atoms with Gasteiger partial charge in [0.2, 0.25) is 0 Å². The smallest absolute Gasteiger partial charge is 0.0377 e. The highest BCUT2D eigenvalue weighted by molar-refractivity contribution is 9.10. The van der Waals surface area contributed by atoms with Crippen molar-refractivity contribution in [2.24, 2.45) is 17.1 Å². The van der Waals surface area contributed by atoms with Crippen molar-refractivity contribution < 1.29 is 0 Å². The zero-order valence-electron chi connectivity index (χ0n) is 12.2. The summed E-state index contributed by atoms with van der Waals surface area (Å²) in [5.74, 6) is 0.787. The van der Waals surface area contributed by atoms with Crippen LogP contribution < -0.4 is 10.6 Å². The SMILES string of the molecule is CC(C)(C)C1CCN(c2ccc(CCN)c(Br)c2)C1. The molecule has 1 saturated heterocycles. The minimum Gasteiger partial charge on any atom is -0.371 e. The number of benzene rings is 1. The van der Waals surface area contributed by atoms with Gasteiger partial charge in [-0.15, -0.1) is 0 Å². The van der Waals surface area contributed by atoms with E-state index in [1.165, 1.54) is 35.2 Å². The summed E-state index contributed by atoms with van der Waals surface area (Å²) in [4.78, 5) is 2.51. The second kappa shape index (κ2) is 5.84. The molecule has 0 aromatic heterocycles. The number of nitrogens with zero attached hydrogens (tertiary/aromatic N) is 1. The lowest BCUT2D eigenvalue weighted by Gasteiger charge is -2.27. The first-order valence-corrected chi connectivity index (χ1v) is 7.94. The van der Waals surface area contributed by atoms with Gasteiger partial charge in [-0.05, 0) is 48.4 Å². The number of rotatable bonds is 3. The van der Waals surface area contributed by atoms with Crippen molar-refractivity contribution in [3.8, 4) is 0 Å². The second-order valence-corrected chi connectivity index (χ2v) is 7.47. The van der Waals surface area contributed by atoms with E-state index in [4.69, 9.17) is 5.73 Å². The zero-order chi connectivity index (χ0) is 14.0. The van der Waals surface area contributed by atoms with E-state index in [1.807, 2.05) is 0 Å². The highest BCUT2D eigenvalue weighted by Crippen LogP contribution is 2.36. The first-order chi connectivity index (χ1) is 8.91. The van der Waals surface area contributed by atoms with Crippen LogP contribution in [0.2, 0.25) is 0 Å². The van der Waals surface area contributed by atoms with Gasteiger partial charge in [-0.3, -0.25) is 0 Å². The minimum absolute atomic E-state index is 0.408. The second-order valence-electron chi connectivity index (χ2n) is 6.61. The van der Waals surface area contributed by atoms with Crippen molar-refractivity contribution in [3.63, 3.8) is 0 Å². The summed E-state index contributed by atoms with van der Waals surface area (Å²) in [6, 6.07) is 6.69. The van der Waals surface area contributed by atoms with Crippen LogP contribution in [0.25, 0.3) is 0 Å². The number of anilines is 1. The third-order valence-electron chi connectivity index (χ3n) is 4.23. The molecule has 0 aliphatic carbocycles. The molecule has 1 aliphatic rings. The van der Waals surface area contributed by atoms with Crippen LogP contribution in [0.3, 0.4) is 0 Å². The summed E-state index contributed by atoms with van der Waals surface area (Å²) in [6.45, 7) is 10.1. The third kappa shape index (κ3) is 3.51. The van der Waals surface area contributed by atoms with Gasteiger partial charge in [0.15, 0.2) is 0 Å². The molecule has 2 rings (SSSR count). The van der Waals surface area contributed by atoms with Crippen molar-refractivity contribution in [1.82, 2.24) is 0 Å². The predicted molar refractivity (Wildman–Crippen MR) is 86.7 cm³/mol. The van der Waals surface area contributed by atoms with E-state index in [2.05, 4.69) is 59.8 Å². The van der Waals surface area contributed by atoms with Crippen LogP contribution in [0.5, 0.6) is 0 Å². The molecule has 0 saturated carbocycles. The molecule has 1 aromatic carbocycles. The first-order valence-electron chi connectivity index (χ1n) is 7.15. The quantitative estimate of drug-likeness (QED) is 0.915. The molecule has 1 aliphatic heterocycles. The Morgan fingerprint density at radius 2 is 2.11 bits per heavy atom. The molecule has 1 fully saturated rings. The molecule has 106 valence electrons. The van der Waals surface area contributed by atoms with Crippen LogP contribution in [0.15, 0.2) is 22.7 Å². The summed E-state index contributed by atoms with van der Waals surface area (Å²) in [7, 11) is 0. The molecule has 0 spiro atoms. The van der Waals surface area contributed by atoms with Gasteiger partial charge in [-0.1, -0.05) is 42.8 Å². The van der Waals surface area contributed by atoms with Gasteiger partial charge in [0.25, 0.3) is 0 Å².